The molecule has 2 rings (SSSR count). The minimum absolute atomic E-state index is 0.0436. The number of nitrogens with zero attached hydrogens (tertiary/aromatic N) is 1. The summed E-state index contributed by atoms with van der Waals surface area (Å²) in [6.07, 6.45) is 10.0. The van der Waals surface area contributed by atoms with Crippen LogP contribution in [0, 0.1) is 0 Å². The number of aryl methyl sites for hydroxylation is 1. The summed E-state index contributed by atoms with van der Waals surface area (Å²) in [6, 6.07) is 10.8. The summed E-state index contributed by atoms with van der Waals surface area (Å²) in [5.41, 5.74) is 1.44. The number of carbonyl (C=O) groups is 1. The van der Waals surface area contributed by atoms with E-state index in [0.29, 0.717) is 6.42 Å². The predicted octanol–water partition coefficient (Wildman–Crippen LogP) is 4.87. The van der Waals surface area contributed by atoms with Crippen molar-refractivity contribution in [3.63, 3.8) is 0 Å². The molecule has 0 aromatic heterocycles. The Morgan fingerprint density at radius 2 is 1.67 bits per heavy atom. The van der Waals surface area contributed by atoms with Gasteiger partial charge in [-0.2, -0.15) is 0 Å². The summed E-state index contributed by atoms with van der Waals surface area (Å²) >= 11 is 1.78. The van der Waals surface area contributed by atoms with Gasteiger partial charge >= 0.3 is 0 Å². The molecule has 0 unspecified atom stereocenters. The Hall–Kier alpha value is -1.04. The number of hydrogen-bond donors (Lipinski definition) is 0. The van der Waals surface area contributed by atoms with E-state index >= 15 is 0 Å². The maximum absolute atomic E-state index is 12.5. The van der Waals surface area contributed by atoms with Crippen molar-refractivity contribution in [2.24, 2.45) is 0 Å². The molecule has 1 aromatic carbocycles. The summed E-state index contributed by atoms with van der Waals surface area (Å²) in [5, 5.41) is 0. The van der Waals surface area contributed by atoms with Gasteiger partial charge in [-0.3, -0.25) is 4.79 Å². The molecule has 0 spiro atoms. The average molecular weight is 394 g/mol. The molecular weight excluding hydrogens is 358 g/mol. The molecular formula is C22H35NO3S. The van der Waals surface area contributed by atoms with Crippen LogP contribution in [0.4, 0.5) is 0 Å². The summed E-state index contributed by atoms with van der Waals surface area (Å²) in [4.78, 5) is 14.4. The molecule has 1 fully saturated rings. The normalized spacial score (nSPS) is 17.0. The SMILES string of the molecule is COC(OC)[C@@H]1CSCN1C(=O)CCCCCCCCCc1ccccc1. The lowest BCUT2D eigenvalue weighted by Crippen LogP contribution is -2.45. The fraction of sp³-hybridized carbons (Fsp3) is 0.682. The third kappa shape index (κ3) is 7.84. The van der Waals surface area contributed by atoms with Crippen molar-refractivity contribution in [2.45, 2.75) is 70.1 Å². The fourth-order valence-corrected chi connectivity index (χ4v) is 4.84. The first-order valence-electron chi connectivity index (χ1n) is 10.2. The highest BCUT2D eigenvalue weighted by Gasteiger charge is 2.35. The van der Waals surface area contributed by atoms with Gasteiger partial charge in [-0.25, -0.2) is 0 Å². The Labute approximate surface area is 169 Å². The van der Waals surface area contributed by atoms with Crippen LogP contribution in [0.1, 0.15) is 56.9 Å². The largest absolute Gasteiger partial charge is 0.354 e. The molecule has 0 saturated carbocycles. The second-order valence-corrected chi connectivity index (χ2v) is 8.23. The molecule has 1 heterocycles. The second kappa shape index (κ2) is 13.2. The number of ether oxygens (including phenoxy) is 2. The monoisotopic (exact) mass is 393 g/mol. The van der Waals surface area contributed by atoms with Crippen molar-refractivity contribution in [3.8, 4) is 0 Å². The van der Waals surface area contributed by atoms with Gasteiger partial charge in [0, 0.05) is 26.4 Å². The molecule has 1 aliphatic rings. The number of hydrogen-bond acceptors (Lipinski definition) is 4. The van der Waals surface area contributed by atoms with Gasteiger partial charge < -0.3 is 14.4 Å². The van der Waals surface area contributed by atoms with Crippen LogP contribution in [0.15, 0.2) is 30.3 Å². The summed E-state index contributed by atoms with van der Waals surface area (Å²) in [7, 11) is 3.28. The maximum Gasteiger partial charge on any atom is 0.223 e. The van der Waals surface area contributed by atoms with E-state index in [4.69, 9.17) is 9.47 Å². The highest BCUT2D eigenvalue weighted by atomic mass is 32.2. The van der Waals surface area contributed by atoms with E-state index in [1.807, 2.05) is 4.90 Å². The molecule has 0 bridgehead atoms. The molecule has 27 heavy (non-hydrogen) atoms. The number of carbonyl (C=O) groups excluding carboxylic acids is 1. The van der Waals surface area contributed by atoms with Crippen LogP contribution in [0.3, 0.4) is 0 Å². The van der Waals surface area contributed by atoms with Gasteiger partial charge in [-0.15, -0.1) is 11.8 Å². The predicted molar refractivity (Wildman–Crippen MR) is 113 cm³/mol. The smallest absolute Gasteiger partial charge is 0.223 e. The third-order valence-electron chi connectivity index (χ3n) is 5.22. The lowest BCUT2D eigenvalue weighted by atomic mass is 10.0. The van der Waals surface area contributed by atoms with E-state index in [0.717, 1.165) is 24.5 Å². The quantitative estimate of drug-likeness (QED) is 0.354. The van der Waals surface area contributed by atoms with Crippen molar-refractivity contribution >= 4 is 17.7 Å². The summed E-state index contributed by atoms with van der Waals surface area (Å²) in [6.45, 7) is 0. The van der Waals surface area contributed by atoms with E-state index in [-0.39, 0.29) is 18.2 Å². The molecule has 1 atom stereocenters. The Morgan fingerprint density at radius 3 is 2.33 bits per heavy atom. The fourth-order valence-electron chi connectivity index (χ4n) is 3.63. The Morgan fingerprint density at radius 1 is 1.04 bits per heavy atom. The van der Waals surface area contributed by atoms with Gasteiger partial charge in [0.25, 0.3) is 0 Å². The standard InChI is InChI=1S/C22H35NO3S/c1-25-22(26-2)20-17-27-18-23(20)21(24)16-12-7-5-3-4-6-9-13-19-14-10-8-11-15-19/h8,10-11,14-15,20,22H,3-7,9,12-13,16-18H2,1-2H3/t20-/m0/s1. The molecule has 4 nitrogen and oxygen atoms in total. The number of unbranched alkanes of at least 4 members (excludes halogenated alkanes) is 6. The zero-order valence-corrected chi connectivity index (χ0v) is 17.7. The van der Waals surface area contributed by atoms with E-state index < -0.39 is 0 Å². The van der Waals surface area contributed by atoms with Crippen LogP contribution >= 0.6 is 11.8 Å². The van der Waals surface area contributed by atoms with Crippen molar-refractivity contribution in [1.29, 1.82) is 0 Å². The average Bonchev–Trinajstić information content (AvgIpc) is 3.18. The molecule has 0 aliphatic carbocycles. The summed E-state index contributed by atoms with van der Waals surface area (Å²) in [5.74, 6) is 1.89. The Kier molecular flexibility index (Phi) is 10.9. The first-order chi connectivity index (χ1) is 13.3. The Bertz CT molecular complexity index is 522. The highest BCUT2D eigenvalue weighted by molar-refractivity contribution is 7.99. The molecule has 0 radical (unpaired) electrons. The Balaban J connectivity index is 1.49. The third-order valence-corrected chi connectivity index (χ3v) is 6.26. The van der Waals surface area contributed by atoms with Crippen molar-refractivity contribution < 1.29 is 14.3 Å². The molecule has 1 aromatic rings. The minimum Gasteiger partial charge on any atom is -0.354 e. The van der Waals surface area contributed by atoms with Gasteiger partial charge in [0.15, 0.2) is 6.29 Å². The number of amides is 1. The van der Waals surface area contributed by atoms with Crippen molar-refractivity contribution in [2.75, 3.05) is 25.8 Å². The van der Waals surface area contributed by atoms with Crippen molar-refractivity contribution in [3.05, 3.63) is 35.9 Å². The molecule has 1 saturated heterocycles. The van der Waals surface area contributed by atoms with Gasteiger partial charge in [-0.1, -0.05) is 62.4 Å². The molecule has 1 amide bonds. The van der Waals surface area contributed by atoms with Crippen LogP contribution < -0.4 is 0 Å². The van der Waals surface area contributed by atoms with Crippen LogP contribution in [0.5, 0.6) is 0 Å². The van der Waals surface area contributed by atoms with Gasteiger partial charge in [0.2, 0.25) is 5.91 Å². The van der Waals surface area contributed by atoms with Crippen LogP contribution in [-0.4, -0.2) is 49.0 Å². The van der Waals surface area contributed by atoms with E-state index in [2.05, 4.69) is 30.3 Å². The van der Waals surface area contributed by atoms with Gasteiger partial charge in [0.05, 0.1) is 11.9 Å². The lowest BCUT2D eigenvalue weighted by molar-refractivity contribution is -0.155. The van der Waals surface area contributed by atoms with Crippen LogP contribution in [0.2, 0.25) is 0 Å². The van der Waals surface area contributed by atoms with Gasteiger partial charge in [0.1, 0.15) is 0 Å². The van der Waals surface area contributed by atoms with Crippen molar-refractivity contribution in [1.82, 2.24) is 4.90 Å². The van der Waals surface area contributed by atoms with E-state index in [9.17, 15) is 4.79 Å². The first-order valence-corrected chi connectivity index (χ1v) is 11.4. The topological polar surface area (TPSA) is 38.8 Å². The zero-order valence-electron chi connectivity index (χ0n) is 16.9. The first kappa shape index (κ1) is 22.3. The molecule has 5 heteroatoms. The second-order valence-electron chi connectivity index (χ2n) is 7.23. The van der Waals surface area contributed by atoms with Crippen LogP contribution in [-0.2, 0) is 20.7 Å². The molecule has 152 valence electrons. The maximum atomic E-state index is 12.5. The number of benzene rings is 1. The zero-order chi connectivity index (χ0) is 19.3. The number of thioether (sulfide) groups is 1. The number of methoxy groups -OCH3 is 2. The van der Waals surface area contributed by atoms with E-state index in [1.54, 1.807) is 26.0 Å². The molecule has 0 N–H and O–H groups in total. The van der Waals surface area contributed by atoms with E-state index in [1.165, 1.54) is 44.1 Å². The molecule has 1 aliphatic heterocycles. The van der Waals surface area contributed by atoms with Crippen LogP contribution in [0.25, 0.3) is 0 Å². The van der Waals surface area contributed by atoms with Gasteiger partial charge in [-0.05, 0) is 24.8 Å². The lowest BCUT2D eigenvalue weighted by Gasteiger charge is -2.29. The number of rotatable bonds is 13. The summed E-state index contributed by atoms with van der Waals surface area (Å²) < 4.78 is 10.7. The minimum atomic E-state index is -0.320. The highest BCUT2D eigenvalue weighted by Crippen LogP contribution is 2.26.